The van der Waals surface area contributed by atoms with Crippen LogP contribution >= 0.6 is 0 Å². The molecule has 2 aromatic rings. The van der Waals surface area contributed by atoms with Gasteiger partial charge in [0.1, 0.15) is 5.82 Å². The molecule has 0 spiro atoms. The number of aryl methyl sites for hydroxylation is 1. The molecule has 1 amide bonds. The van der Waals surface area contributed by atoms with Crippen LogP contribution < -0.4 is 5.32 Å². The Morgan fingerprint density at radius 3 is 2.94 bits per heavy atom. The maximum Gasteiger partial charge on any atom is 0.328 e. The number of nitrogens with zero attached hydrogens (tertiary/aromatic N) is 4. The quantitative estimate of drug-likeness (QED) is 0.805. The van der Waals surface area contributed by atoms with Crippen molar-refractivity contribution in [3.63, 3.8) is 0 Å². The average molecular weight is 234 g/mol. The first kappa shape index (κ1) is 9.94. The van der Waals surface area contributed by atoms with Gasteiger partial charge < -0.3 is 4.52 Å². The molecule has 1 aliphatic carbocycles. The van der Waals surface area contributed by atoms with Crippen LogP contribution in [0.2, 0.25) is 0 Å². The lowest BCUT2D eigenvalue weighted by atomic mass is 10.4. The van der Waals surface area contributed by atoms with Crippen molar-refractivity contribution in [2.45, 2.75) is 25.7 Å². The Hall–Kier alpha value is -2.25. The molecule has 2 N–H and O–H groups in total. The van der Waals surface area contributed by atoms with E-state index in [1.165, 1.54) is 0 Å². The van der Waals surface area contributed by atoms with Crippen molar-refractivity contribution in [2.75, 3.05) is 5.32 Å². The molecule has 1 fully saturated rings. The molecule has 0 unspecified atom stereocenters. The second-order valence-electron chi connectivity index (χ2n) is 3.92. The second-order valence-corrected chi connectivity index (χ2v) is 3.92. The Morgan fingerprint density at radius 2 is 2.29 bits per heavy atom. The highest BCUT2D eigenvalue weighted by Gasteiger charge is 2.28. The summed E-state index contributed by atoms with van der Waals surface area (Å²) in [7, 11) is 0. The van der Waals surface area contributed by atoms with Crippen molar-refractivity contribution in [1.82, 2.24) is 25.3 Å². The minimum absolute atomic E-state index is 0.0465. The molecule has 2 aromatic heterocycles. The summed E-state index contributed by atoms with van der Waals surface area (Å²) >= 11 is 0. The molecule has 1 aliphatic rings. The first-order chi connectivity index (χ1) is 8.22. The summed E-state index contributed by atoms with van der Waals surface area (Å²) in [5.41, 5.74) is 0. The maximum absolute atomic E-state index is 11.7. The Kier molecular flexibility index (Phi) is 2.13. The number of nitrogens with one attached hydrogen (secondary N) is 2. The fourth-order valence-electron chi connectivity index (χ4n) is 1.42. The zero-order valence-electron chi connectivity index (χ0n) is 9.10. The predicted octanol–water partition coefficient (Wildman–Crippen LogP) is 0.626. The van der Waals surface area contributed by atoms with Gasteiger partial charge >= 0.3 is 6.01 Å². The van der Waals surface area contributed by atoms with Crippen LogP contribution in [0.1, 0.15) is 41.0 Å². The minimum atomic E-state index is -0.461. The molecule has 88 valence electrons. The smallest absolute Gasteiger partial charge is 0.315 e. The van der Waals surface area contributed by atoms with Crippen molar-refractivity contribution in [3.05, 3.63) is 17.5 Å². The third-order valence-corrected chi connectivity index (χ3v) is 2.42. The van der Waals surface area contributed by atoms with E-state index in [-0.39, 0.29) is 11.8 Å². The van der Waals surface area contributed by atoms with Crippen LogP contribution in [0.3, 0.4) is 0 Å². The summed E-state index contributed by atoms with van der Waals surface area (Å²) in [5, 5.41) is 12.6. The first-order valence-corrected chi connectivity index (χ1v) is 5.26. The second kappa shape index (κ2) is 3.65. The van der Waals surface area contributed by atoms with Crippen LogP contribution in [-0.2, 0) is 0 Å². The van der Waals surface area contributed by atoms with Crippen molar-refractivity contribution < 1.29 is 9.32 Å². The SMILES string of the molecule is Cc1noc(NC(=O)c2n[nH]c(C3CC3)n2)n1. The van der Waals surface area contributed by atoms with E-state index < -0.39 is 5.91 Å². The number of aromatic nitrogens is 5. The molecule has 2 heterocycles. The van der Waals surface area contributed by atoms with Crippen LogP contribution in [0, 0.1) is 6.92 Å². The van der Waals surface area contributed by atoms with E-state index in [9.17, 15) is 4.79 Å². The number of rotatable bonds is 3. The van der Waals surface area contributed by atoms with E-state index in [2.05, 4.69) is 30.6 Å². The van der Waals surface area contributed by atoms with Crippen molar-refractivity contribution in [3.8, 4) is 0 Å². The highest BCUT2D eigenvalue weighted by Crippen LogP contribution is 2.37. The molecule has 8 heteroatoms. The lowest BCUT2D eigenvalue weighted by molar-refractivity contribution is 0.101. The molecule has 17 heavy (non-hydrogen) atoms. The van der Waals surface area contributed by atoms with E-state index >= 15 is 0 Å². The molecule has 3 rings (SSSR count). The summed E-state index contributed by atoms with van der Waals surface area (Å²) in [4.78, 5) is 19.7. The van der Waals surface area contributed by atoms with Crippen LogP contribution in [0.5, 0.6) is 0 Å². The normalized spacial score (nSPS) is 14.9. The third-order valence-electron chi connectivity index (χ3n) is 2.42. The van der Waals surface area contributed by atoms with Crippen molar-refractivity contribution >= 4 is 11.9 Å². The van der Waals surface area contributed by atoms with Crippen LogP contribution in [0.4, 0.5) is 6.01 Å². The number of anilines is 1. The molecule has 0 atom stereocenters. The zero-order chi connectivity index (χ0) is 11.8. The van der Waals surface area contributed by atoms with Gasteiger partial charge in [0.2, 0.25) is 5.82 Å². The highest BCUT2D eigenvalue weighted by atomic mass is 16.5. The highest BCUT2D eigenvalue weighted by molar-refractivity contribution is 6.00. The van der Waals surface area contributed by atoms with Gasteiger partial charge in [-0.15, -0.1) is 5.10 Å². The number of carbonyl (C=O) groups excluding carboxylic acids is 1. The topological polar surface area (TPSA) is 110 Å². The summed E-state index contributed by atoms with van der Waals surface area (Å²) < 4.78 is 4.76. The molecule has 8 nitrogen and oxygen atoms in total. The fraction of sp³-hybridized carbons (Fsp3) is 0.444. The largest absolute Gasteiger partial charge is 0.328 e. The minimum Gasteiger partial charge on any atom is -0.315 e. The van der Waals surface area contributed by atoms with Gasteiger partial charge in [0.25, 0.3) is 5.91 Å². The number of aromatic amines is 1. The molecule has 1 saturated carbocycles. The summed E-state index contributed by atoms with van der Waals surface area (Å²) in [6, 6.07) is 0.0465. The number of carbonyl (C=O) groups is 1. The van der Waals surface area contributed by atoms with Crippen LogP contribution in [0.25, 0.3) is 0 Å². The van der Waals surface area contributed by atoms with E-state index in [0.717, 1.165) is 18.7 Å². The molecule has 0 aliphatic heterocycles. The molecule has 0 bridgehead atoms. The molecular formula is C9H10N6O2. The van der Waals surface area contributed by atoms with Gasteiger partial charge in [-0.2, -0.15) is 4.98 Å². The Bertz CT molecular complexity index is 555. The van der Waals surface area contributed by atoms with Crippen molar-refractivity contribution in [1.29, 1.82) is 0 Å². The zero-order valence-corrected chi connectivity index (χ0v) is 9.10. The number of hydrogen-bond donors (Lipinski definition) is 2. The number of amides is 1. The summed E-state index contributed by atoms with van der Waals surface area (Å²) in [6.45, 7) is 1.66. The van der Waals surface area contributed by atoms with Gasteiger partial charge in [-0.25, -0.2) is 4.98 Å². The molecule has 0 saturated heterocycles. The first-order valence-electron chi connectivity index (χ1n) is 5.26. The van der Waals surface area contributed by atoms with Crippen LogP contribution in [0.15, 0.2) is 4.52 Å². The van der Waals surface area contributed by atoms with Gasteiger partial charge in [0, 0.05) is 5.92 Å². The number of H-pyrrole nitrogens is 1. The number of hydrogen-bond acceptors (Lipinski definition) is 6. The van der Waals surface area contributed by atoms with Crippen molar-refractivity contribution in [2.24, 2.45) is 0 Å². The standard InChI is InChI=1S/C9H10N6O2/c1-4-10-9(17-15-4)12-8(16)7-11-6(13-14-7)5-2-3-5/h5H,2-3H2,1H3,(H,11,13,14)(H,10,12,15,16). The van der Waals surface area contributed by atoms with Gasteiger partial charge in [-0.3, -0.25) is 15.2 Å². The maximum atomic E-state index is 11.7. The fourth-order valence-corrected chi connectivity index (χ4v) is 1.42. The van der Waals surface area contributed by atoms with Gasteiger partial charge in [0.15, 0.2) is 5.82 Å². The Labute approximate surface area is 95.8 Å². The van der Waals surface area contributed by atoms with E-state index in [0.29, 0.717) is 11.7 Å². The Morgan fingerprint density at radius 1 is 1.47 bits per heavy atom. The van der Waals surface area contributed by atoms with Gasteiger partial charge in [-0.05, 0) is 19.8 Å². The van der Waals surface area contributed by atoms with Crippen LogP contribution in [-0.4, -0.2) is 31.2 Å². The molecule has 0 aromatic carbocycles. The lowest BCUT2D eigenvalue weighted by Crippen LogP contribution is -2.14. The third kappa shape index (κ3) is 2.01. The predicted molar refractivity (Wildman–Crippen MR) is 55.3 cm³/mol. The Balaban J connectivity index is 1.72. The van der Waals surface area contributed by atoms with Gasteiger partial charge in [-0.1, -0.05) is 5.16 Å². The monoisotopic (exact) mass is 234 g/mol. The van der Waals surface area contributed by atoms with Gasteiger partial charge in [0.05, 0.1) is 0 Å². The van der Waals surface area contributed by atoms with E-state index in [1.807, 2.05) is 0 Å². The molecule has 0 radical (unpaired) electrons. The van der Waals surface area contributed by atoms with E-state index in [1.54, 1.807) is 6.92 Å². The summed E-state index contributed by atoms with van der Waals surface area (Å²) in [5.74, 6) is 1.26. The summed E-state index contributed by atoms with van der Waals surface area (Å²) in [6.07, 6.45) is 2.19. The lowest BCUT2D eigenvalue weighted by Gasteiger charge is -1.93. The van der Waals surface area contributed by atoms with E-state index in [4.69, 9.17) is 4.52 Å². The average Bonchev–Trinajstić information content (AvgIpc) is 2.88. The molecular weight excluding hydrogens is 224 g/mol.